The molecule has 0 spiro atoms. The Morgan fingerprint density at radius 1 is 1.33 bits per heavy atom. The standard InChI is InChI=1S/C16H20N2O5S/c1-12-9-15(17-23-12)11-24(21,22)18-14(7-8-16(19)20)10-13-5-3-2-4-6-13/h2-6,9,14,18H,7-8,10-11H2,1H3,(H,19,20). The van der Waals surface area contributed by atoms with Gasteiger partial charge in [-0.15, -0.1) is 0 Å². The zero-order valence-corrected chi connectivity index (χ0v) is 14.1. The van der Waals surface area contributed by atoms with Crippen molar-refractivity contribution in [1.82, 2.24) is 9.88 Å². The highest BCUT2D eigenvalue weighted by atomic mass is 32.2. The second-order valence-electron chi connectivity index (χ2n) is 5.62. The summed E-state index contributed by atoms with van der Waals surface area (Å²) in [5.41, 5.74) is 1.25. The summed E-state index contributed by atoms with van der Waals surface area (Å²) in [5.74, 6) is -0.728. The Morgan fingerprint density at radius 2 is 2.04 bits per heavy atom. The molecule has 0 saturated carbocycles. The molecular formula is C16H20N2O5S. The number of aliphatic carboxylic acids is 1. The van der Waals surface area contributed by atoms with Crippen molar-refractivity contribution in [3.8, 4) is 0 Å². The average molecular weight is 352 g/mol. The number of hydrogen-bond donors (Lipinski definition) is 2. The number of aromatic nitrogens is 1. The Bertz CT molecular complexity index is 771. The number of aryl methyl sites for hydroxylation is 1. The Hall–Kier alpha value is -2.19. The van der Waals surface area contributed by atoms with E-state index in [9.17, 15) is 13.2 Å². The fourth-order valence-corrected chi connectivity index (χ4v) is 3.69. The lowest BCUT2D eigenvalue weighted by atomic mass is 10.0. The Labute approximate surface area is 140 Å². The second-order valence-corrected chi connectivity index (χ2v) is 7.38. The van der Waals surface area contributed by atoms with Crippen LogP contribution in [0.25, 0.3) is 0 Å². The molecule has 0 aliphatic carbocycles. The van der Waals surface area contributed by atoms with Gasteiger partial charge in [0.2, 0.25) is 10.0 Å². The van der Waals surface area contributed by atoms with Gasteiger partial charge in [-0.3, -0.25) is 4.79 Å². The highest BCUT2D eigenvalue weighted by Crippen LogP contribution is 2.12. The number of carboxylic acid groups (broad SMARTS) is 1. The van der Waals surface area contributed by atoms with Crippen LogP contribution in [0.15, 0.2) is 40.9 Å². The van der Waals surface area contributed by atoms with Crippen LogP contribution in [0.3, 0.4) is 0 Å². The third-order valence-electron chi connectivity index (χ3n) is 3.39. The quantitative estimate of drug-likeness (QED) is 0.713. The fourth-order valence-electron chi connectivity index (χ4n) is 2.38. The van der Waals surface area contributed by atoms with E-state index in [0.29, 0.717) is 17.9 Å². The maximum absolute atomic E-state index is 12.3. The summed E-state index contributed by atoms with van der Waals surface area (Å²) in [6.45, 7) is 1.68. The van der Waals surface area contributed by atoms with E-state index in [1.54, 1.807) is 13.0 Å². The lowest BCUT2D eigenvalue weighted by Crippen LogP contribution is -2.37. The molecule has 1 atom stereocenters. The Balaban J connectivity index is 2.06. The molecule has 0 radical (unpaired) electrons. The number of carbonyl (C=O) groups is 1. The van der Waals surface area contributed by atoms with Gasteiger partial charge in [-0.25, -0.2) is 13.1 Å². The highest BCUT2D eigenvalue weighted by Gasteiger charge is 2.21. The van der Waals surface area contributed by atoms with E-state index in [0.717, 1.165) is 5.56 Å². The molecule has 2 rings (SSSR count). The van der Waals surface area contributed by atoms with Crippen LogP contribution in [0.1, 0.15) is 29.9 Å². The minimum absolute atomic E-state index is 0.108. The summed E-state index contributed by atoms with van der Waals surface area (Å²) < 4.78 is 32.1. The maximum Gasteiger partial charge on any atom is 0.303 e. The number of hydrogen-bond acceptors (Lipinski definition) is 5. The van der Waals surface area contributed by atoms with Gasteiger partial charge < -0.3 is 9.63 Å². The monoisotopic (exact) mass is 352 g/mol. The van der Waals surface area contributed by atoms with E-state index in [1.165, 1.54) is 0 Å². The zero-order valence-electron chi connectivity index (χ0n) is 13.3. The van der Waals surface area contributed by atoms with Crippen molar-refractivity contribution in [2.75, 3.05) is 0 Å². The molecule has 130 valence electrons. The molecule has 1 heterocycles. The molecule has 2 aromatic rings. The molecule has 7 nitrogen and oxygen atoms in total. The van der Waals surface area contributed by atoms with Gasteiger partial charge in [-0.05, 0) is 25.3 Å². The van der Waals surface area contributed by atoms with Crippen LogP contribution in [0.5, 0.6) is 0 Å². The Morgan fingerprint density at radius 3 is 2.62 bits per heavy atom. The molecule has 0 aliphatic heterocycles. The fraction of sp³-hybridized carbons (Fsp3) is 0.375. The van der Waals surface area contributed by atoms with Crippen molar-refractivity contribution in [1.29, 1.82) is 0 Å². The van der Waals surface area contributed by atoms with E-state index in [-0.39, 0.29) is 18.6 Å². The van der Waals surface area contributed by atoms with Crippen LogP contribution < -0.4 is 4.72 Å². The van der Waals surface area contributed by atoms with E-state index in [2.05, 4.69) is 9.88 Å². The molecule has 1 unspecified atom stereocenters. The van der Waals surface area contributed by atoms with Crippen LogP contribution in [-0.4, -0.2) is 30.7 Å². The lowest BCUT2D eigenvalue weighted by molar-refractivity contribution is -0.137. The predicted octanol–water partition coefficient (Wildman–Crippen LogP) is 1.88. The summed E-state index contributed by atoms with van der Waals surface area (Å²) >= 11 is 0. The number of carboxylic acids is 1. The van der Waals surface area contributed by atoms with Crippen molar-refractivity contribution < 1.29 is 22.8 Å². The van der Waals surface area contributed by atoms with Gasteiger partial charge in [0, 0.05) is 18.5 Å². The van der Waals surface area contributed by atoms with Crippen molar-refractivity contribution in [2.45, 2.75) is 38.0 Å². The molecule has 2 N–H and O–H groups in total. The van der Waals surface area contributed by atoms with Gasteiger partial charge in [0.15, 0.2) is 0 Å². The van der Waals surface area contributed by atoms with Gasteiger partial charge in [0.25, 0.3) is 0 Å². The summed E-state index contributed by atoms with van der Waals surface area (Å²) in [7, 11) is -3.65. The van der Waals surface area contributed by atoms with Crippen LogP contribution in [-0.2, 0) is 27.0 Å². The summed E-state index contributed by atoms with van der Waals surface area (Å²) in [6, 6.07) is 10.4. The van der Waals surface area contributed by atoms with Crippen LogP contribution >= 0.6 is 0 Å². The molecule has 0 aliphatic rings. The van der Waals surface area contributed by atoms with Gasteiger partial charge in [0.05, 0.1) is 0 Å². The molecule has 24 heavy (non-hydrogen) atoms. The van der Waals surface area contributed by atoms with Gasteiger partial charge in [-0.1, -0.05) is 35.5 Å². The largest absolute Gasteiger partial charge is 0.481 e. The van der Waals surface area contributed by atoms with Crippen molar-refractivity contribution in [3.63, 3.8) is 0 Å². The van der Waals surface area contributed by atoms with Crippen LogP contribution in [0.2, 0.25) is 0 Å². The first-order chi connectivity index (χ1) is 11.3. The van der Waals surface area contributed by atoms with Crippen molar-refractivity contribution >= 4 is 16.0 Å². The lowest BCUT2D eigenvalue weighted by Gasteiger charge is -2.18. The average Bonchev–Trinajstić information content (AvgIpc) is 2.89. The first kappa shape index (κ1) is 18.2. The molecule has 0 bridgehead atoms. The third-order valence-corrected chi connectivity index (χ3v) is 4.76. The molecule has 0 amide bonds. The summed E-state index contributed by atoms with van der Waals surface area (Å²) in [6.07, 6.45) is 0.523. The molecule has 1 aromatic heterocycles. The maximum atomic E-state index is 12.3. The van der Waals surface area contributed by atoms with E-state index in [4.69, 9.17) is 9.63 Å². The van der Waals surface area contributed by atoms with Crippen molar-refractivity contribution in [2.24, 2.45) is 0 Å². The van der Waals surface area contributed by atoms with Crippen LogP contribution in [0, 0.1) is 6.92 Å². The van der Waals surface area contributed by atoms with Gasteiger partial charge in [0.1, 0.15) is 17.2 Å². The first-order valence-corrected chi connectivity index (χ1v) is 9.17. The van der Waals surface area contributed by atoms with Gasteiger partial charge in [-0.2, -0.15) is 0 Å². The molecule has 1 aromatic carbocycles. The summed E-state index contributed by atoms with van der Waals surface area (Å²) in [4.78, 5) is 10.8. The Kier molecular flexibility index (Phi) is 6.10. The minimum atomic E-state index is -3.65. The minimum Gasteiger partial charge on any atom is -0.481 e. The van der Waals surface area contributed by atoms with E-state index < -0.39 is 22.0 Å². The number of nitrogens with zero attached hydrogens (tertiary/aromatic N) is 1. The normalized spacial score (nSPS) is 12.9. The first-order valence-electron chi connectivity index (χ1n) is 7.52. The highest BCUT2D eigenvalue weighted by molar-refractivity contribution is 7.88. The molecule has 0 fully saturated rings. The predicted molar refractivity (Wildman–Crippen MR) is 87.8 cm³/mol. The van der Waals surface area contributed by atoms with E-state index >= 15 is 0 Å². The molecule has 8 heteroatoms. The number of benzene rings is 1. The summed E-state index contributed by atoms with van der Waals surface area (Å²) in [5, 5.41) is 12.5. The number of nitrogens with one attached hydrogen (secondary N) is 1. The SMILES string of the molecule is Cc1cc(CS(=O)(=O)NC(CCC(=O)O)Cc2ccccc2)no1. The second kappa shape index (κ2) is 8.07. The van der Waals surface area contributed by atoms with Crippen LogP contribution in [0.4, 0.5) is 0 Å². The zero-order chi connectivity index (χ0) is 17.6. The van der Waals surface area contributed by atoms with Crippen molar-refractivity contribution in [3.05, 3.63) is 53.4 Å². The molecule has 0 saturated heterocycles. The molecular weight excluding hydrogens is 332 g/mol. The van der Waals surface area contributed by atoms with Gasteiger partial charge >= 0.3 is 5.97 Å². The topological polar surface area (TPSA) is 110 Å². The number of rotatable bonds is 9. The van der Waals surface area contributed by atoms with E-state index in [1.807, 2.05) is 30.3 Å². The smallest absolute Gasteiger partial charge is 0.303 e. The number of sulfonamides is 1. The third kappa shape index (κ3) is 6.13.